The van der Waals surface area contributed by atoms with Gasteiger partial charge in [-0.1, -0.05) is 23.7 Å². The lowest BCUT2D eigenvalue weighted by molar-refractivity contribution is 0.631. The molecule has 0 bridgehead atoms. The number of hydrogen-bond acceptors (Lipinski definition) is 1. The highest BCUT2D eigenvalue weighted by Crippen LogP contribution is 2.28. The predicted octanol–water partition coefficient (Wildman–Crippen LogP) is 4.04. The van der Waals surface area contributed by atoms with Crippen molar-refractivity contribution < 1.29 is 4.39 Å². The molecule has 0 radical (unpaired) electrons. The molecule has 1 nitrogen and oxygen atoms in total. The Morgan fingerprint density at radius 1 is 1.19 bits per heavy atom. The third-order valence-corrected chi connectivity index (χ3v) is 2.71. The maximum atomic E-state index is 13.2. The van der Waals surface area contributed by atoms with Gasteiger partial charge in [0.25, 0.3) is 0 Å². The highest BCUT2D eigenvalue weighted by Gasteiger charge is 2.06. The molecule has 0 saturated heterocycles. The van der Waals surface area contributed by atoms with Gasteiger partial charge in [-0.3, -0.25) is 0 Å². The molecule has 2 rings (SSSR count). The monoisotopic (exact) mass is 235 g/mol. The first-order valence-electron chi connectivity index (χ1n) is 4.89. The Balaban J connectivity index is 2.60. The number of halogens is 2. The second kappa shape index (κ2) is 4.14. The van der Waals surface area contributed by atoms with Crippen LogP contribution in [0.4, 0.5) is 10.1 Å². The Kier molecular flexibility index (Phi) is 2.84. The van der Waals surface area contributed by atoms with Crippen LogP contribution in [0.3, 0.4) is 0 Å². The second-order valence-electron chi connectivity index (χ2n) is 3.70. The zero-order valence-corrected chi connectivity index (χ0v) is 9.55. The van der Waals surface area contributed by atoms with E-state index in [-0.39, 0.29) is 11.5 Å². The summed E-state index contributed by atoms with van der Waals surface area (Å²) in [6.07, 6.45) is 0. The van der Waals surface area contributed by atoms with Crippen molar-refractivity contribution in [2.24, 2.45) is 0 Å². The van der Waals surface area contributed by atoms with E-state index >= 15 is 0 Å². The molecule has 2 aromatic carbocycles. The molecular weight excluding hydrogens is 225 g/mol. The van der Waals surface area contributed by atoms with Crippen molar-refractivity contribution in [3.63, 3.8) is 0 Å². The molecule has 0 heterocycles. The van der Waals surface area contributed by atoms with Crippen LogP contribution in [-0.2, 0) is 0 Å². The van der Waals surface area contributed by atoms with Gasteiger partial charge in [0.1, 0.15) is 5.82 Å². The smallest absolute Gasteiger partial charge is 0.146 e. The van der Waals surface area contributed by atoms with E-state index < -0.39 is 0 Å². The average Bonchev–Trinajstić information content (AvgIpc) is 2.23. The maximum absolute atomic E-state index is 13.2. The molecule has 2 aromatic rings. The van der Waals surface area contributed by atoms with Gasteiger partial charge in [-0.05, 0) is 47.9 Å². The minimum absolute atomic E-state index is 0.153. The first-order chi connectivity index (χ1) is 7.58. The van der Waals surface area contributed by atoms with Crippen molar-refractivity contribution in [3.8, 4) is 11.1 Å². The number of rotatable bonds is 1. The Hall–Kier alpha value is -1.54. The lowest BCUT2D eigenvalue weighted by Crippen LogP contribution is -1.93. The Labute approximate surface area is 98.7 Å². The standard InChI is InChI=1S/C13H11ClFN/c1-8-5-12(15)13(16)7-11(8)9-3-2-4-10(14)6-9/h2-7H,16H2,1H3. The zero-order valence-electron chi connectivity index (χ0n) is 8.80. The normalized spacial score (nSPS) is 10.4. The molecular formula is C13H11ClFN. The van der Waals surface area contributed by atoms with E-state index in [1.165, 1.54) is 6.07 Å². The highest BCUT2D eigenvalue weighted by atomic mass is 35.5. The Morgan fingerprint density at radius 2 is 1.94 bits per heavy atom. The van der Waals surface area contributed by atoms with Gasteiger partial charge < -0.3 is 5.73 Å². The van der Waals surface area contributed by atoms with Crippen LogP contribution in [0.25, 0.3) is 11.1 Å². The number of anilines is 1. The van der Waals surface area contributed by atoms with Crippen molar-refractivity contribution in [3.05, 3.63) is 52.8 Å². The molecule has 0 aliphatic rings. The Morgan fingerprint density at radius 3 is 2.62 bits per heavy atom. The van der Waals surface area contributed by atoms with Crippen LogP contribution < -0.4 is 5.73 Å². The summed E-state index contributed by atoms with van der Waals surface area (Å²) in [7, 11) is 0. The van der Waals surface area contributed by atoms with E-state index in [1.54, 1.807) is 12.1 Å². The molecule has 3 heteroatoms. The average molecular weight is 236 g/mol. The number of aryl methyl sites for hydroxylation is 1. The van der Waals surface area contributed by atoms with Crippen molar-refractivity contribution in [1.82, 2.24) is 0 Å². The molecule has 2 N–H and O–H groups in total. The zero-order chi connectivity index (χ0) is 11.7. The number of nitrogen functional groups attached to an aromatic ring is 1. The van der Waals surface area contributed by atoms with E-state index in [0.29, 0.717) is 5.02 Å². The summed E-state index contributed by atoms with van der Waals surface area (Å²) in [6.45, 7) is 1.85. The lowest BCUT2D eigenvalue weighted by atomic mass is 10.00. The van der Waals surface area contributed by atoms with Gasteiger partial charge in [0.15, 0.2) is 0 Å². The van der Waals surface area contributed by atoms with Gasteiger partial charge in [0.05, 0.1) is 5.69 Å². The van der Waals surface area contributed by atoms with E-state index in [4.69, 9.17) is 17.3 Å². The number of benzene rings is 2. The van der Waals surface area contributed by atoms with Crippen LogP contribution in [-0.4, -0.2) is 0 Å². The van der Waals surface area contributed by atoms with Gasteiger partial charge in [-0.25, -0.2) is 4.39 Å². The summed E-state index contributed by atoms with van der Waals surface area (Å²) >= 11 is 5.91. The summed E-state index contributed by atoms with van der Waals surface area (Å²) in [5, 5.41) is 0.653. The first-order valence-corrected chi connectivity index (χ1v) is 5.27. The van der Waals surface area contributed by atoms with Crippen molar-refractivity contribution in [2.45, 2.75) is 6.92 Å². The summed E-state index contributed by atoms with van der Waals surface area (Å²) in [5.74, 6) is -0.386. The topological polar surface area (TPSA) is 26.0 Å². The van der Waals surface area contributed by atoms with Crippen LogP contribution in [0, 0.1) is 12.7 Å². The van der Waals surface area contributed by atoms with E-state index in [0.717, 1.165) is 16.7 Å². The van der Waals surface area contributed by atoms with Crippen molar-refractivity contribution >= 4 is 17.3 Å². The summed E-state index contributed by atoms with van der Waals surface area (Å²) in [4.78, 5) is 0. The molecule has 16 heavy (non-hydrogen) atoms. The summed E-state index contributed by atoms with van der Waals surface area (Å²) < 4.78 is 13.2. The molecule has 0 aromatic heterocycles. The highest BCUT2D eigenvalue weighted by molar-refractivity contribution is 6.30. The van der Waals surface area contributed by atoms with Crippen LogP contribution in [0.2, 0.25) is 5.02 Å². The third kappa shape index (κ3) is 2.02. The third-order valence-electron chi connectivity index (χ3n) is 2.48. The van der Waals surface area contributed by atoms with Crippen LogP contribution in [0.1, 0.15) is 5.56 Å². The molecule has 0 aliphatic carbocycles. The molecule has 0 saturated carbocycles. The van der Waals surface area contributed by atoms with Gasteiger partial charge >= 0.3 is 0 Å². The predicted molar refractivity (Wildman–Crippen MR) is 66.0 cm³/mol. The van der Waals surface area contributed by atoms with Gasteiger partial charge in [-0.2, -0.15) is 0 Å². The molecule has 0 aliphatic heterocycles. The van der Waals surface area contributed by atoms with Crippen molar-refractivity contribution in [1.29, 1.82) is 0 Å². The largest absolute Gasteiger partial charge is 0.396 e. The van der Waals surface area contributed by atoms with Gasteiger partial charge in [-0.15, -0.1) is 0 Å². The van der Waals surface area contributed by atoms with E-state index in [1.807, 2.05) is 25.1 Å². The Bertz CT molecular complexity index is 537. The summed E-state index contributed by atoms with van der Waals surface area (Å²) in [5.41, 5.74) is 8.40. The fourth-order valence-corrected chi connectivity index (χ4v) is 1.85. The molecule has 0 spiro atoms. The quantitative estimate of drug-likeness (QED) is 0.742. The minimum atomic E-state index is -0.386. The summed E-state index contributed by atoms with van der Waals surface area (Å²) in [6, 6.07) is 10.5. The van der Waals surface area contributed by atoms with E-state index in [9.17, 15) is 4.39 Å². The maximum Gasteiger partial charge on any atom is 0.146 e. The molecule has 0 unspecified atom stereocenters. The molecule has 82 valence electrons. The molecule has 0 amide bonds. The second-order valence-corrected chi connectivity index (χ2v) is 4.14. The lowest BCUT2D eigenvalue weighted by Gasteiger charge is -2.08. The van der Waals surface area contributed by atoms with Crippen LogP contribution in [0.15, 0.2) is 36.4 Å². The fraction of sp³-hybridized carbons (Fsp3) is 0.0769. The van der Waals surface area contributed by atoms with Crippen molar-refractivity contribution in [2.75, 3.05) is 5.73 Å². The SMILES string of the molecule is Cc1cc(F)c(N)cc1-c1cccc(Cl)c1. The van der Waals surface area contributed by atoms with E-state index in [2.05, 4.69) is 0 Å². The number of hydrogen-bond donors (Lipinski definition) is 1. The molecule has 0 atom stereocenters. The van der Waals surface area contributed by atoms with Gasteiger partial charge in [0.2, 0.25) is 0 Å². The number of nitrogens with two attached hydrogens (primary N) is 1. The first kappa shape index (κ1) is 11.0. The van der Waals surface area contributed by atoms with Crippen LogP contribution >= 0.6 is 11.6 Å². The van der Waals surface area contributed by atoms with Crippen LogP contribution in [0.5, 0.6) is 0 Å². The minimum Gasteiger partial charge on any atom is -0.396 e. The molecule has 0 fully saturated rings. The van der Waals surface area contributed by atoms with Gasteiger partial charge in [0, 0.05) is 5.02 Å². The fourth-order valence-electron chi connectivity index (χ4n) is 1.66.